The molecule has 0 spiro atoms. The minimum atomic E-state index is 0.863. The summed E-state index contributed by atoms with van der Waals surface area (Å²) in [7, 11) is 0. The zero-order valence-corrected chi connectivity index (χ0v) is 11.4. The van der Waals surface area contributed by atoms with E-state index in [0.717, 1.165) is 18.5 Å². The lowest BCUT2D eigenvalue weighted by molar-refractivity contribution is 1.29. The van der Waals surface area contributed by atoms with Crippen molar-refractivity contribution in [2.24, 2.45) is 4.99 Å². The highest BCUT2D eigenvalue weighted by atomic mass is 14.7. The van der Waals surface area contributed by atoms with E-state index in [1.165, 1.54) is 16.7 Å². The molecule has 0 heterocycles. The van der Waals surface area contributed by atoms with Crippen molar-refractivity contribution in [3.05, 3.63) is 84.0 Å². The number of nitrogens with zero attached hydrogens (tertiary/aromatic N) is 1. The summed E-state index contributed by atoms with van der Waals surface area (Å²) in [6, 6.07) is 18.7. The van der Waals surface area contributed by atoms with Crippen LogP contribution in [-0.4, -0.2) is 6.21 Å². The largest absolute Gasteiger partial charge is 0.261 e. The van der Waals surface area contributed by atoms with Crippen LogP contribution in [0.25, 0.3) is 5.57 Å². The Morgan fingerprint density at radius 1 is 0.950 bits per heavy atom. The van der Waals surface area contributed by atoms with Gasteiger partial charge >= 0.3 is 0 Å². The molecule has 1 nitrogen and oxygen atoms in total. The molecule has 0 N–H and O–H groups in total. The van der Waals surface area contributed by atoms with Gasteiger partial charge in [-0.1, -0.05) is 60.7 Å². The van der Waals surface area contributed by atoms with E-state index in [2.05, 4.69) is 47.5 Å². The topological polar surface area (TPSA) is 12.4 Å². The van der Waals surface area contributed by atoms with E-state index < -0.39 is 0 Å². The Morgan fingerprint density at radius 2 is 1.75 bits per heavy atom. The van der Waals surface area contributed by atoms with Gasteiger partial charge in [0, 0.05) is 12.6 Å². The average molecular weight is 259 g/mol. The minimum absolute atomic E-state index is 0.863. The molecule has 1 aliphatic carbocycles. The van der Waals surface area contributed by atoms with Gasteiger partial charge in [0.15, 0.2) is 0 Å². The molecule has 0 aliphatic heterocycles. The number of para-hydroxylation sites is 1. The van der Waals surface area contributed by atoms with E-state index in [0.29, 0.717) is 0 Å². The van der Waals surface area contributed by atoms with Gasteiger partial charge in [-0.15, -0.1) is 0 Å². The maximum absolute atomic E-state index is 4.51. The Labute approximate surface area is 120 Å². The molecule has 0 radical (unpaired) electrons. The van der Waals surface area contributed by atoms with Crippen LogP contribution in [0.5, 0.6) is 0 Å². The number of aliphatic imine (C=N–C) groups is 1. The van der Waals surface area contributed by atoms with Crippen molar-refractivity contribution in [3.63, 3.8) is 0 Å². The number of hydrogen-bond acceptors (Lipinski definition) is 1. The summed E-state index contributed by atoms with van der Waals surface area (Å²) in [5.74, 6) is 0. The highest BCUT2D eigenvalue weighted by Gasteiger charge is 2.07. The molecule has 98 valence electrons. The first-order valence-corrected chi connectivity index (χ1v) is 6.95. The summed E-state index contributed by atoms with van der Waals surface area (Å²) >= 11 is 0. The molecular formula is C19H17N. The Balaban J connectivity index is 1.76. The molecule has 0 atom stereocenters. The maximum atomic E-state index is 4.51. The van der Waals surface area contributed by atoms with Gasteiger partial charge in [0.25, 0.3) is 0 Å². The Bertz CT molecular complexity index is 663. The summed E-state index contributed by atoms with van der Waals surface area (Å²) in [5.41, 5.74) is 5.08. The van der Waals surface area contributed by atoms with Crippen LogP contribution in [0.15, 0.2) is 77.8 Å². The van der Waals surface area contributed by atoms with Gasteiger partial charge in [0.2, 0.25) is 0 Å². The molecule has 2 aromatic rings. The van der Waals surface area contributed by atoms with E-state index in [-0.39, 0.29) is 0 Å². The fourth-order valence-corrected chi connectivity index (χ4v) is 2.42. The number of rotatable bonds is 4. The average Bonchev–Trinajstić information content (AvgIpc) is 3.03. The monoisotopic (exact) mass is 259 g/mol. The van der Waals surface area contributed by atoms with Crippen LogP contribution in [0.1, 0.15) is 17.5 Å². The third-order valence-corrected chi connectivity index (χ3v) is 3.44. The molecule has 1 aliphatic rings. The second-order valence-electron chi connectivity index (χ2n) is 4.83. The molecule has 0 bridgehead atoms. The lowest BCUT2D eigenvalue weighted by Gasteiger charge is -2.08. The lowest BCUT2D eigenvalue weighted by Crippen LogP contribution is -1.93. The highest BCUT2D eigenvalue weighted by molar-refractivity contribution is 5.76. The second-order valence-corrected chi connectivity index (χ2v) is 4.83. The second kappa shape index (κ2) is 6.16. The third-order valence-electron chi connectivity index (χ3n) is 3.44. The predicted octanol–water partition coefficient (Wildman–Crippen LogP) is 4.97. The highest BCUT2D eigenvalue weighted by Crippen LogP contribution is 2.26. The van der Waals surface area contributed by atoms with Gasteiger partial charge < -0.3 is 0 Å². The van der Waals surface area contributed by atoms with Crippen LogP contribution >= 0.6 is 0 Å². The van der Waals surface area contributed by atoms with Crippen molar-refractivity contribution >= 4 is 17.5 Å². The van der Waals surface area contributed by atoms with Crippen LogP contribution in [0, 0.1) is 0 Å². The van der Waals surface area contributed by atoms with E-state index in [1.807, 2.05) is 36.5 Å². The van der Waals surface area contributed by atoms with Crippen LogP contribution in [-0.2, 0) is 6.42 Å². The molecule has 20 heavy (non-hydrogen) atoms. The van der Waals surface area contributed by atoms with Crippen molar-refractivity contribution in [2.75, 3.05) is 0 Å². The molecule has 0 fully saturated rings. The normalized spacial score (nSPS) is 13.9. The number of hydrogen-bond donors (Lipinski definition) is 0. The number of benzene rings is 2. The van der Waals surface area contributed by atoms with Crippen LogP contribution in [0.2, 0.25) is 0 Å². The minimum Gasteiger partial charge on any atom is -0.261 e. The quantitative estimate of drug-likeness (QED) is 0.687. The predicted molar refractivity (Wildman–Crippen MR) is 86.5 cm³/mol. The van der Waals surface area contributed by atoms with Crippen molar-refractivity contribution in [2.45, 2.75) is 12.8 Å². The maximum Gasteiger partial charge on any atom is 0.0625 e. The molecule has 0 saturated carbocycles. The van der Waals surface area contributed by atoms with Crippen molar-refractivity contribution in [3.8, 4) is 0 Å². The molecule has 0 saturated heterocycles. The molecule has 0 unspecified atom stereocenters. The van der Waals surface area contributed by atoms with Gasteiger partial charge in [-0.25, -0.2) is 0 Å². The molecule has 0 aromatic heterocycles. The molecule has 2 aromatic carbocycles. The van der Waals surface area contributed by atoms with E-state index >= 15 is 0 Å². The van der Waals surface area contributed by atoms with Gasteiger partial charge in [0.05, 0.1) is 5.69 Å². The number of allylic oxidation sites excluding steroid dienone is 4. The SMILES string of the molecule is C1=CCC(c2ccccc2CC=Nc2ccccc2)=C1. The molecule has 3 rings (SSSR count). The third kappa shape index (κ3) is 2.94. The van der Waals surface area contributed by atoms with E-state index in [9.17, 15) is 0 Å². The fraction of sp³-hybridized carbons (Fsp3) is 0.105. The van der Waals surface area contributed by atoms with Gasteiger partial charge in [-0.3, -0.25) is 4.99 Å². The Hall–Kier alpha value is -2.41. The van der Waals surface area contributed by atoms with Gasteiger partial charge in [-0.2, -0.15) is 0 Å². The Kier molecular flexibility index (Phi) is 3.88. The molecular weight excluding hydrogens is 242 g/mol. The summed E-state index contributed by atoms with van der Waals surface area (Å²) in [6.45, 7) is 0. The first-order valence-electron chi connectivity index (χ1n) is 6.95. The summed E-state index contributed by atoms with van der Waals surface area (Å²) in [6.07, 6.45) is 10.4. The van der Waals surface area contributed by atoms with E-state index in [4.69, 9.17) is 0 Å². The smallest absolute Gasteiger partial charge is 0.0625 e. The molecule has 1 heteroatoms. The van der Waals surface area contributed by atoms with Gasteiger partial charge in [-0.05, 0) is 35.3 Å². The van der Waals surface area contributed by atoms with Crippen molar-refractivity contribution in [1.29, 1.82) is 0 Å². The zero-order chi connectivity index (χ0) is 13.6. The van der Waals surface area contributed by atoms with Crippen molar-refractivity contribution in [1.82, 2.24) is 0 Å². The van der Waals surface area contributed by atoms with Crippen LogP contribution in [0.4, 0.5) is 5.69 Å². The van der Waals surface area contributed by atoms with E-state index in [1.54, 1.807) is 0 Å². The Morgan fingerprint density at radius 3 is 2.55 bits per heavy atom. The lowest BCUT2D eigenvalue weighted by atomic mass is 9.97. The first kappa shape index (κ1) is 12.6. The van der Waals surface area contributed by atoms with Gasteiger partial charge in [0.1, 0.15) is 0 Å². The fourth-order valence-electron chi connectivity index (χ4n) is 2.42. The zero-order valence-electron chi connectivity index (χ0n) is 11.4. The summed E-state index contributed by atoms with van der Waals surface area (Å²) < 4.78 is 0. The standard InChI is InChI=1S/C19H17N/c1-2-11-18(12-3-1)20-15-14-17-10-6-7-13-19(17)16-8-4-5-9-16/h1-8,10-13,15H,9,14H2. The van der Waals surface area contributed by atoms with Crippen LogP contribution < -0.4 is 0 Å². The summed E-state index contributed by atoms with van der Waals surface area (Å²) in [4.78, 5) is 4.51. The summed E-state index contributed by atoms with van der Waals surface area (Å²) in [5, 5.41) is 0. The molecule has 0 amide bonds. The van der Waals surface area contributed by atoms with Crippen LogP contribution in [0.3, 0.4) is 0 Å². The first-order chi connectivity index (χ1) is 9.93. The van der Waals surface area contributed by atoms with Crippen molar-refractivity contribution < 1.29 is 0 Å².